The fourth-order valence-corrected chi connectivity index (χ4v) is 1.85. The molecule has 0 N–H and O–H groups in total. The van der Waals surface area contributed by atoms with Gasteiger partial charge in [-0.05, 0) is 6.42 Å². The van der Waals surface area contributed by atoms with Crippen molar-refractivity contribution < 1.29 is 17.3 Å². The standard InChI is InChI=1S/C9H14N2O4S/c1-4-5-8-10-6-7(9(11-8)14-2)16(12,13)15-3/h6H,4-5H2,1-3H3. The molecule has 0 atom stereocenters. The molecule has 0 aromatic carbocycles. The second-order valence-corrected chi connectivity index (χ2v) is 4.71. The molecule has 1 aromatic heterocycles. The zero-order valence-electron chi connectivity index (χ0n) is 9.43. The fourth-order valence-electron chi connectivity index (χ4n) is 1.14. The third kappa shape index (κ3) is 2.67. The van der Waals surface area contributed by atoms with Crippen molar-refractivity contribution in [1.82, 2.24) is 9.97 Å². The predicted octanol–water partition coefficient (Wildman–Crippen LogP) is 0.773. The van der Waals surface area contributed by atoms with Crippen molar-refractivity contribution in [2.75, 3.05) is 14.2 Å². The Kier molecular flexibility index (Phi) is 4.19. The number of aromatic nitrogens is 2. The van der Waals surface area contributed by atoms with E-state index < -0.39 is 10.1 Å². The van der Waals surface area contributed by atoms with Crippen molar-refractivity contribution in [2.45, 2.75) is 24.7 Å². The van der Waals surface area contributed by atoms with Crippen LogP contribution in [0, 0.1) is 0 Å². The van der Waals surface area contributed by atoms with E-state index in [1.165, 1.54) is 13.3 Å². The van der Waals surface area contributed by atoms with Crippen molar-refractivity contribution in [1.29, 1.82) is 0 Å². The van der Waals surface area contributed by atoms with Crippen LogP contribution in [-0.2, 0) is 20.7 Å². The quantitative estimate of drug-likeness (QED) is 0.714. The summed E-state index contributed by atoms with van der Waals surface area (Å²) < 4.78 is 32.2. The first kappa shape index (κ1) is 12.9. The smallest absolute Gasteiger partial charge is 0.303 e. The molecule has 0 saturated carbocycles. The predicted molar refractivity (Wildman–Crippen MR) is 56.8 cm³/mol. The highest BCUT2D eigenvalue weighted by Gasteiger charge is 2.21. The molecule has 0 aliphatic heterocycles. The average molecular weight is 246 g/mol. The number of hydrogen-bond donors (Lipinski definition) is 0. The highest BCUT2D eigenvalue weighted by atomic mass is 32.2. The average Bonchev–Trinajstić information content (AvgIpc) is 2.29. The normalized spacial score (nSPS) is 11.4. The van der Waals surface area contributed by atoms with Gasteiger partial charge in [0.05, 0.1) is 20.4 Å². The zero-order chi connectivity index (χ0) is 12.2. The molecular weight excluding hydrogens is 232 g/mol. The highest BCUT2D eigenvalue weighted by Crippen LogP contribution is 2.21. The van der Waals surface area contributed by atoms with Crippen LogP contribution in [0.1, 0.15) is 19.2 Å². The van der Waals surface area contributed by atoms with E-state index >= 15 is 0 Å². The van der Waals surface area contributed by atoms with Crippen molar-refractivity contribution in [3.05, 3.63) is 12.0 Å². The molecule has 0 fully saturated rings. The Bertz CT molecular complexity index is 459. The number of ether oxygens (including phenoxy) is 1. The third-order valence-electron chi connectivity index (χ3n) is 1.93. The molecule has 1 aromatic rings. The van der Waals surface area contributed by atoms with E-state index in [4.69, 9.17) is 4.74 Å². The van der Waals surface area contributed by atoms with Crippen molar-refractivity contribution in [2.24, 2.45) is 0 Å². The van der Waals surface area contributed by atoms with Crippen LogP contribution in [0.4, 0.5) is 0 Å². The SMILES string of the molecule is CCCc1ncc(S(=O)(=O)OC)c(OC)n1. The van der Waals surface area contributed by atoms with E-state index in [0.29, 0.717) is 12.2 Å². The molecule has 7 heteroatoms. The molecule has 0 bridgehead atoms. The Labute approximate surface area is 94.8 Å². The maximum absolute atomic E-state index is 11.5. The van der Waals surface area contributed by atoms with E-state index in [0.717, 1.165) is 13.5 Å². The Morgan fingerprint density at radius 2 is 2.06 bits per heavy atom. The Morgan fingerprint density at radius 1 is 1.38 bits per heavy atom. The lowest BCUT2D eigenvalue weighted by atomic mass is 10.3. The number of methoxy groups -OCH3 is 1. The molecule has 0 aliphatic carbocycles. The van der Waals surface area contributed by atoms with Gasteiger partial charge in [-0.2, -0.15) is 13.4 Å². The van der Waals surface area contributed by atoms with Gasteiger partial charge in [0, 0.05) is 6.42 Å². The molecular formula is C9H14N2O4S. The maximum atomic E-state index is 11.5. The van der Waals surface area contributed by atoms with Crippen LogP contribution in [0.15, 0.2) is 11.1 Å². The van der Waals surface area contributed by atoms with Crippen molar-refractivity contribution >= 4 is 10.1 Å². The molecule has 0 saturated heterocycles. The third-order valence-corrected chi connectivity index (χ3v) is 3.19. The molecule has 1 rings (SSSR count). The van der Waals surface area contributed by atoms with Gasteiger partial charge in [0.15, 0.2) is 4.90 Å². The molecule has 1 heterocycles. The minimum absolute atomic E-state index is 0.0142. The van der Waals surface area contributed by atoms with Crippen LogP contribution in [0.3, 0.4) is 0 Å². The summed E-state index contributed by atoms with van der Waals surface area (Å²) in [6.07, 6.45) is 2.75. The number of rotatable bonds is 5. The molecule has 0 spiro atoms. The molecule has 6 nitrogen and oxygen atoms in total. The Morgan fingerprint density at radius 3 is 2.56 bits per heavy atom. The lowest BCUT2D eigenvalue weighted by Crippen LogP contribution is -2.09. The summed E-state index contributed by atoms with van der Waals surface area (Å²) in [6.45, 7) is 1.98. The lowest BCUT2D eigenvalue weighted by Gasteiger charge is -2.07. The second kappa shape index (κ2) is 5.22. The minimum atomic E-state index is -3.82. The van der Waals surface area contributed by atoms with E-state index in [2.05, 4.69) is 14.2 Å². The molecule has 16 heavy (non-hydrogen) atoms. The summed E-state index contributed by atoms with van der Waals surface area (Å²) >= 11 is 0. The summed E-state index contributed by atoms with van der Waals surface area (Å²) in [4.78, 5) is 7.79. The molecule has 90 valence electrons. The summed E-state index contributed by atoms with van der Waals surface area (Å²) in [6, 6.07) is 0. The number of aryl methyl sites for hydroxylation is 1. The summed E-state index contributed by atoms with van der Waals surface area (Å²) in [7, 11) is -1.39. The Balaban J connectivity index is 3.22. The summed E-state index contributed by atoms with van der Waals surface area (Å²) in [5.74, 6) is 0.565. The molecule has 0 aliphatic rings. The number of nitrogens with zero attached hydrogens (tertiary/aromatic N) is 2. The van der Waals surface area contributed by atoms with Crippen LogP contribution >= 0.6 is 0 Å². The molecule has 0 unspecified atom stereocenters. The molecule has 0 radical (unpaired) electrons. The van der Waals surface area contributed by atoms with E-state index in [1.54, 1.807) is 0 Å². The maximum Gasteiger partial charge on any atom is 0.303 e. The highest BCUT2D eigenvalue weighted by molar-refractivity contribution is 7.86. The van der Waals surface area contributed by atoms with Crippen molar-refractivity contribution in [3.63, 3.8) is 0 Å². The van der Waals surface area contributed by atoms with Gasteiger partial charge in [-0.3, -0.25) is 4.18 Å². The van der Waals surface area contributed by atoms with E-state index in [9.17, 15) is 8.42 Å². The summed E-state index contributed by atoms with van der Waals surface area (Å²) in [5.41, 5.74) is 0. The number of hydrogen-bond acceptors (Lipinski definition) is 6. The van der Waals surface area contributed by atoms with Gasteiger partial charge < -0.3 is 4.74 Å². The zero-order valence-corrected chi connectivity index (χ0v) is 10.2. The van der Waals surface area contributed by atoms with Crippen LogP contribution in [0.2, 0.25) is 0 Å². The van der Waals surface area contributed by atoms with Gasteiger partial charge in [0.1, 0.15) is 5.82 Å². The first-order valence-electron chi connectivity index (χ1n) is 4.75. The largest absolute Gasteiger partial charge is 0.480 e. The van der Waals surface area contributed by atoms with Gasteiger partial charge >= 0.3 is 10.1 Å². The fraction of sp³-hybridized carbons (Fsp3) is 0.556. The first-order valence-corrected chi connectivity index (χ1v) is 6.16. The van der Waals surface area contributed by atoms with E-state index in [1.807, 2.05) is 6.92 Å². The van der Waals surface area contributed by atoms with Crippen LogP contribution in [0.5, 0.6) is 5.88 Å². The van der Waals surface area contributed by atoms with Crippen molar-refractivity contribution in [3.8, 4) is 5.88 Å². The van der Waals surface area contributed by atoms with Gasteiger partial charge in [-0.15, -0.1) is 0 Å². The lowest BCUT2D eigenvalue weighted by molar-refractivity contribution is 0.364. The summed E-state index contributed by atoms with van der Waals surface area (Å²) in [5, 5.41) is 0. The monoisotopic (exact) mass is 246 g/mol. The van der Waals surface area contributed by atoms with Crippen LogP contribution in [0.25, 0.3) is 0 Å². The van der Waals surface area contributed by atoms with E-state index in [-0.39, 0.29) is 10.8 Å². The van der Waals surface area contributed by atoms with Gasteiger partial charge in [0.25, 0.3) is 0 Å². The second-order valence-electron chi connectivity index (χ2n) is 3.03. The van der Waals surface area contributed by atoms with Gasteiger partial charge in [0.2, 0.25) is 5.88 Å². The first-order chi connectivity index (χ1) is 7.55. The topological polar surface area (TPSA) is 78.4 Å². The molecule has 0 amide bonds. The minimum Gasteiger partial charge on any atom is -0.480 e. The Hall–Kier alpha value is -1.21. The van der Waals surface area contributed by atoms with Gasteiger partial charge in [-0.25, -0.2) is 4.98 Å². The van der Waals surface area contributed by atoms with Gasteiger partial charge in [-0.1, -0.05) is 6.92 Å². The van der Waals surface area contributed by atoms with Crippen LogP contribution < -0.4 is 4.74 Å². The van der Waals surface area contributed by atoms with Crippen LogP contribution in [-0.4, -0.2) is 32.6 Å².